The highest BCUT2D eigenvalue weighted by Crippen LogP contribution is 2.28. The predicted octanol–water partition coefficient (Wildman–Crippen LogP) is 7.58. The largest absolute Gasteiger partial charge is 0.352 e. The van der Waals surface area contributed by atoms with Gasteiger partial charge >= 0.3 is 0 Å². The Morgan fingerprint density at radius 3 is 2.13 bits per heavy atom. The van der Waals surface area contributed by atoms with Gasteiger partial charge in [-0.1, -0.05) is 110 Å². The molecule has 0 aliphatic heterocycles. The van der Waals surface area contributed by atoms with E-state index in [2.05, 4.69) is 36.5 Å². The maximum Gasteiger partial charge on any atom is 0.243 e. The first-order valence-corrected chi connectivity index (χ1v) is 14.8. The number of halogens is 2. The molecule has 39 heavy (non-hydrogen) atoms. The van der Waals surface area contributed by atoms with Crippen LogP contribution in [0.3, 0.4) is 0 Å². The van der Waals surface area contributed by atoms with Gasteiger partial charge in [0.15, 0.2) is 0 Å². The quantitative estimate of drug-likeness (QED) is 0.261. The van der Waals surface area contributed by atoms with E-state index in [1.807, 2.05) is 30.3 Å². The number of hydrogen-bond acceptors (Lipinski definition) is 2. The zero-order valence-corrected chi connectivity index (χ0v) is 24.2. The molecule has 0 bridgehead atoms. The van der Waals surface area contributed by atoms with Crippen LogP contribution in [0, 0.1) is 0 Å². The number of aryl methyl sites for hydroxylation is 2. The molecule has 1 saturated carbocycles. The lowest BCUT2D eigenvalue weighted by molar-refractivity contribution is -0.141. The summed E-state index contributed by atoms with van der Waals surface area (Å²) >= 11 is 13.1. The maximum atomic E-state index is 14.0. The van der Waals surface area contributed by atoms with Crippen molar-refractivity contribution in [2.45, 2.75) is 83.3 Å². The van der Waals surface area contributed by atoms with E-state index in [1.54, 1.807) is 23.1 Å². The lowest BCUT2D eigenvalue weighted by atomic mass is 9.94. The summed E-state index contributed by atoms with van der Waals surface area (Å²) in [6.45, 7) is 2.29. The summed E-state index contributed by atoms with van der Waals surface area (Å²) in [5, 5.41) is 4.25. The van der Waals surface area contributed by atoms with Crippen LogP contribution in [-0.2, 0) is 35.4 Å². The zero-order chi connectivity index (χ0) is 27.6. The third-order valence-electron chi connectivity index (χ3n) is 7.67. The van der Waals surface area contributed by atoms with Gasteiger partial charge in [-0.3, -0.25) is 9.59 Å². The first-order valence-electron chi connectivity index (χ1n) is 14.1. The molecule has 1 aliphatic carbocycles. The van der Waals surface area contributed by atoms with Crippen LogP contribution in [0.15, 0.2) is 72.8 Å². The van der Waals surface area contributed by atoms with E-state index in [0.717, 1.165) is 43.2 Å². The Balaban J connectivity index is 1.63. The molecule has 0 unspecified atom stereocenters. The van der Waals surface area contributed by atoms with Crippen LogP contribution in [0.5, 0.6) is 0 Å². The van der Waals surface area contributed by atoms with Gasteiger partial charge in [-0.05, 0) is 54.5 Å². The Morgan fingerprint density at radius 2 is 1.49 bits per heavy atom. The number of rotatable bonds is 11. The van der Waals surface area contributed by atoms with Crippen molar-refractivity contribution in [2.24, 2.45) is 0 Å². The van der Waals surface area contributed by atoms with Crippen molar-refractivity contribution in [3.05, 3.63) is 105 Å². The second-order valence-corrected chi connectivity index (χ2v) is 11.3. The van der Waals surface area contributed by atoms with Crippen LogP contribution in [0.1, 0.15) is 67.7 Å². The van der Waals surface area contributed by atoms with Gasteiger partial charge in [-0.2, -0.15) is 0 Å². The molecule has 4 rings (SSSR count). The molecule has 1 atom stereocenters. The van der Waals surface area contributed by atoms with Crippen LogP contribution in [0.2, 0.25) is 10.0 Å². The standard InChI is InChI=1S/C33H38Cl2N2O2/c1-2-24-16-18-25(19-17-24)20-21-32(38)37(23-28-29(34)14-9-15-30(28)35)31(22-26-10-5-3-6-11-26)33(39)36-27-12-7-4-8-13-27/h3,5-6,9-11,14-19,27,31H,2,4,7-8,12-13,20-23H2,1H3,(H,36,39)/t31-/m0/s1. The molecule has 6 heteroatoms. The van der Waals surface area contributed by atoms with Gasteiger partial charge in [0, 0.05) is 41.0 Å². The molecule has 0 heterocycles. The normalized spacial score (nSPS) is 14.5. The molecular weight excluding hydrogens is 527 g/mol. The van der Waals surface area contributed by atoms with E-state index in [4.69, 9.17) is 23.2 Å². The van der Waals surface area contributed by atoms with Crippen molar-refractivity contribution < 1.29 is 9.59 Å². The highest BCUT2D eigenvalue weighted by Gasteiger charge is 2.32. The molecule has 2 amide bonds. The molecule has 0 aromatic heterocycles. The van der Waals surface area contributed by atoms with Gasteiger partial charge in [0.25, 0.3) is 0 Å². The molecule has 1 aliphatic rings. The van der Waals surface area contributed by atoms with E-state index in [1.165, 1.54) is 12.0 Å². The lowest BCUT2D eigenvalue weighted by Gasteiger charge is -2.34. The average molecular weight is 566 g/mol. The monoisotopic (exact) mass is 564 g/mol. The van der Waals surface area contributed by atoms with Gasteiger partial charge < -0.3 is 10.2 Å². The van der Waals surface area contributed by atoms with Crippen LogP contribution in [0.4, 0.5) is 0 Å². The molecule has 0 saturated heterocycles. The number of hydrogen-bond donors (Lipinski definition) is 1. The Kier molecular flexibility index (Phi) is 10.9. The summed E-state index contributed by atoms with van der Waals surface area (Å²) in [5.74, 6) is -0.208. The molecule has 3 aromatic carbocycles. The van der Waals surface area contributed by atoms with Crippen LogP contribution in [-0.4, -0.2) is 28.8 Å². The van der Waals surface area contributed by atoms with Crippen LogP contribution >= 0.6 is 23.2 Å². The van der Waals surface area contributed by atoms with E-state index in [-0.39, 0.29) is 30.8 Å². The minimum absolute atomic E-state index is 0.0923. The molecule has 0 spiro atoms. The van der Waals surface area contributed by atoms with Crippen molar-refractivity contribution in [3.63, 3.8) is 0 Å². The molecule has 4 nitrogen and oxygen atoms in total. The Morgan fingerprint density at radius 1 is 0.846 bits per heavy atom. The van der Waals surface area contributed by atoms with Gasteiger partial charge in [0.1, 0.15) is 6.04 Å². The number of nitrogens with zero attached hydrogens (tertiary/aromatic N) is 1. The van der Waals surface area contributed by atoms with Crippen LogP contribution < -0.4 is 5.32 Å². The van der Waals surface area contributed by atoms with Crippen molar-refractivity contribution in [3.8, 4) is 0 Å². The van der Waals surface area contributed by atoms with Crippen molar-refractivity contribution in [2.75, 3.05) is 0 Å². The second kappa shape index (κ2) is 14.5. The number of nitrogens with one attached hydrogen (secondary N) is 1. The van der Waals surface area contributed by atoms with E-state index in [0.29, 0.717) is 28.5 Å². The first kappa shape index (κ1) is 29.2. The molecule has 1 N–H and O–H groups in total. The fraction of sp³-hybridized carbons (Fsp3) is 0.394. The van der Waals surface area contributed by atoms with Gasteiger partial charge in [0.05, 0.1) is 0 Å². The summed E-state index contributed by atoms with van der Waals surface area (Å²) in [5.41, 5.74) is 4.02. The molecule has 0 radical (unpaired) electrons. The third-order valence-corrected chi connectivity index (χ3v) is 8.38. The highest BCUT2D eigenvalue weighted by molar-refractivity contribution is 6.36. The Bertz CT molecular complexity index is 1200. The van der Waals surface area contributed by atoms with Crippen molar-refractivity contribution >= 4 is 35.0 Å². The van der Waals surface area contributed by atoms with E-state index < -0.39 is 6.04 Å². The fourth-order valence-electron chi connectivity index (χ4n) is 5.29. The number of amides is 2. The Labute approximate surface area is 242 Å². The lowest BCUT2D eigenvalue weighted by Crippen LogP contribution is -2.53. The number of carbonyl (C=O) groups is 2. The number of carbonyl (C=O) groups excluding carboxylic acids is 2. The molecular formula is C33H38Cl2N2O2. The smallest absolute Gasteiger partial charge is 0.243 e. The molecule has 206 valence electrons. The average Bonchev–Trinajstić information content (AvgIpc) is 2.96. The third kappa shape index (κ3) is 8.33. The second-order valence-electron chi connectivity index (χ2n) is 10.4. The van der Waals surface area contributed by atoms with Crippen molar-refractivity contribution in [1.29, 1.82) is 0 Å². The van der Waals surface area contributed by atoms with Gasteiger partial charge in [-0.25, -0.2) is 0 Å². The minimum Gasteiger partial charge on any atom is -0.352 e. The first-order chi connectivity index (χ1) is 18.9. The van der Waals surface area contributed by atoms with E-state index in [9.17, 15) is 9.59 Å². The molecule has 1 fully saturated rings. The highest BCUT2D eigenvalue weighted by atomic mass is 35.5. The topological polar surface area (TPSA) is 49.4 Å². The summed E-state index contributed by atoms with van der Waals surface area (Å²) < 4.78 is 0. The Hall–Kier alpha value is -2.82. The predicted molar refractivity (Wildman–Crippen MR) is 160 cm³/mol. The van der Waals surface area contributed by atoms with Crippen molar-refractivity contribution in [1.82, 2.24) is 10.2 Å². The summed E-state index contributed by atoms with van der Waals surface area (Å²) in [6, 6.07) is 23.1. The summed E-state index contributed by atoms with van der Waals surface area (Å²) in [7, 11) is 0. The van der Waals surface area contributed by atoms with E-state index >= 15 is 0 Å². The van der Waals surface area contributed by atoms with Gasteiger partial charge in [0.2, 0.25) is 11.8 Å². The SMILES string of the molecule is CCc1ccc(CCC(=O)N(Cc2c(Cl)cccc2Cl)[C@@H](Cc2ccccc2)C(=O)NC2CCCCC2)cc1. The minimum atomic E-state index is -0.684. The summed E-state index contributed by atoms with van der Waals surface area (Å²) in [4.78, 5) is 29.5. The molecule has 3 aromatic rings. The van der Waals surface area contributed by atoms with Crippen LogP contribution in [0.25, 0.3) is 0 Å². The maximum absolute atomic E-state index is 14.0. The number of benzene rings is 3. The zero-order valence-electron chi connectivity index (χ0n) is 22.7. The fourth-order valence-corrected chi connectivity index (χ4v) is 5.81. The van der Waals surface area contributed by atoms with Gasteiger partial charge in [-0.15, -0.1) is 0 Å². The summed E-state index contributed by atoms with van der Waals surface area (Å²) in [6.07, 6.45) is 7.65.